The van der Waals surface area contributed by atoms with Gasteiger partial charge in [-0.1, -0.05) is 17.7 Å². The zero-order valence-electron chi connectivity index (χ0n) is 10.3. The molecule has 0 amide bonds. The minimum atomic E-state index is -1.04. The summed E-state index contributed by atoms with van der Waals surface area (Å²) in [6, 6.07) is 7.70. The van der Waals surface area contributed by atoms with Crippen molar-refractivity contribution in [3.05, 3.63) is 61.2 Å². The zero-order chi connectivity index (χ0) is 14.9. The topological polar surface area (TPSA) is 29.5 Å². The monoisotopic (exact) mass is 422 g/mol. The molecule has 0 saturated heterocycles. The summed E-state index contributed by atoms with van der Waals surface area (Å²) in [7, 11) is 1.49. The van der Waals surface area contributed by atoms with E-state index in [-0.39, 0.29) is 0 Å². The molecule has 20 heavy (non-hydrogen) atoms. The molecular formula is C14H10Br2ClFO2. The summed E-state index contributed by atoms with van der Waals surface area (Å²) in [5.74, 6) is 0.0202. The number of rotatable bonds is 3. The fourth-order valence-corrected chi connectivity index (χ4v) is 3.10. The largest absolute Gasteiger partial charge is 0.495 e. The van der Waals surface area contributed by atoms with Gasteiger partial charge in [0.2, 0.25) is 0 Å². The lowest BCUT2D eigenvalue weighted by molar-refractivity contribution is 0.214. The van der Waals surface area contributed by atoms with Gasteiger partial charge in [0.05, 0.1) is 16.1 Å². The van der Waals surface area contributed by atoms with Gasteiger partial charge in [0.25, 0.3) is 0 Å². The van der Waals surface area contributed by atoms with E-state index in [4.69, 9.17) is 16.3 Å². The lowest BCUT2D eigenvalue weighted by Gasteiger charge is -2.17. The minimum absolute atomic E-state index is 0.340. The second kappa shape index (κ2) is 6.43. The highest BCUT2D eigenvalue weighted by Gasteiger charge is 2.19. The van der Waals surface area contributed by atoms with Gasteiger partial charge in [-0.15, -0.1) is 0 Å². The number of aliphatic hydroxyl groups is 1. The second-order valence-corrected chi connectivity index (χ2v) is 6.23. The molecule has 0 bridgehead atoms. The van der Waals surface area contributed by atoms with Gasteiger partial charge in [-0.25, -0.2) is 4.39 Å². The Labute approximate surface area is 137 Å². The number of methoxy groups -OCH3 is 1. The third-order valence-corrected chi connectivity index (χ3v) is 4.25. The summed E-state index contributed by atoms with van der Waals surface area (Å²) in [5, 5.41) is 10.9. The molecule has 0 fully saturated rings. The lowest BCUT2D eigenvalue weighted by Crippen LogP contribution is -2.03. The van der Waals surface area contributed by atoms with Crippen LogP contribution in [0.25, 0.3) is 0 Å². The third-order valence-electron chi connectivity index (χ3n) is 2.80. The van der Waals surface area contributed by atoms with E-state index in [9.17, 15) is 9.50 Å². The molecular weight excluding hydrogens is 414 g/mol. The Bertz CT molecular complexity index is 649. The van der Waals surface area contributed by atoms with Gasteiger partial charge < -0.3 is 9.84 Å². The first-order valence-corrected chi connectivity index (χ1v) is 7.56. The van der Waals surface area contributed by atoms with Gasteiger partial charge in [-0.05, 0) is 61.7 Å². The first-order valence-electron chi connectivity index (χ1n) is 5.60. The quantitative estimate of drug-likeness (QED) is 0.743. The molecule has 2 rings (SSSR count). The van der Waals surface area contributed by atoms with Crippen LogP contribution in [0.1, 0.15) is 17.2 Å². The Morgan fingerprint density at radius 2 is 1.90 bits per heavy atom. The fourth-order valence-electron chi connectivity index (χ4n) is 1.86. The van der Waals surface area contributed by atoms with E-state index in [0.29, 0.717) is 30.8 Å². The predicted octanol–water partition coefficient (Wildman–Crippen LogP) is 5.09. The fraction of sp³-hybridized carbons (Fsp3) is 0.143. The Balaban J connectivity index is 2.52. The Morgan fingerprint density at radius 1 is 1.20 bits per heavy atom. The van der Waals surface area contributed by atoms with E-state index in [0.717, 1.165) is 0 Å². The SMILES string of the molecule is COc1c(Br)cc(Cl)cc1C(O)c1ccc(Br)c(F)c1. The minimum Gasteiger partial charge on any atom is -0.495 e. The molecule has 1 atom stereocenters. The number of hydrogen-bond acceptors (Lipinski definition) is 2. The Kier molecular flexibility index (Phi) is 5.07. The van der Waals surface area contributed by atoms with E-state index >= 15 is 0 Å². The highest BCUT2D eigenvalue weighted by atomic mass is 79.9. The number of halogens is 4. The molecule has 0 aliphatic rings. The highest BCUT2D eigenvalue weighted by molar-refractivity contribution is 9.10. The molecule has 0 saturated carbocycles. The first-order chi connectivity index (χ1) is 9.43. The highest BCUT2D eigenvalue weighted by Crippen LogP contribution is 2.38. The van der Waals surface area contributed by atoms with Crippen LogP contribution in [-0.2, 0) is 0 Å². The third kappa shape index (κ3) is 3.17. The molecule has 106 valence electrons. The van der Waals surface area contributed by atoms with E-state index in [1.807, 2.05) is 0 Å². The van der Waals surface area contributed by atoms with Crippen molar-refractivity contribution >= 4 is 43.5 Å². The van der Waals surface area contributed by atoms with Gasteiger partial charge in [0, 0.05) is 10.6 Å². The van der Waals surface area contributed by atoms with Gasteiger partial charge in [0.15, 0.2) is 0 Å². The normalized spacial score (nSPS) is 12.3. The van der Waals surface area contributed by atoms with Gasteiger partial charge >= 0.3 is 0 Å². The van der Waals surface area contributed by atoms with Crippen LogP contribution < -0.4 is 4.74 Å². The van der Waals surface area contributed by atoms with Gasteiger partial charge in [-0.3, -0.25) is 0 Å². The maximum absolute atomic E-state index is 13.6. The van der Waals surface area contributed by atoms with Crippen LogP contribution >= 0.6 is 43.5 Å². The van der Waals surface area contributed by atoms with Gasteiger partial charge in [-0.2, -0.15) is 0 Å². The molecule has 0 heterocycles. The average Bonchev–Trinajstić information content (AvgIpc) is 2.40. The van der Waals surface area contributed by atoms with Crippen molar-refractivity contribution in [1.29, 1.82) is 0 Å². The van der Waals surface area contributed by atoms with Crippen molar-refractivity contribution in [2.45, 2.75) is 6.10 Å². The molecule has 2 aromatic rings. The first kappa shape index (κ1) is 15.8. The van der Waals surface area contributed by atoms with E-state index in [1.54, 1.807) is 24.3 Å². The maximum Gasteiger partial charge on any atom is 0.139 e. The number of benzene rings is 2. The number of hydrogen-bond donors (Lipinski definition) is 1. The van der Waals surface area contributed by atoms with Crippen LogP contribution in [0.15, 0.2) is 39.3 Å². The van der Waals surface area contributed by atoms with Crippen molar-refractivity contribution in [3.8, 4) is 5.75 Å². The summed E-state index contributed by atoms with van der Waals surface area (Å²) < 4.78 is 19.8. The molecule has 0 aromatic heterocycles. The molecule has 1 unspecified atom stereocenters. The molecule has 0 aliphatic heterocycles. The molecule has 0 spiro atoms. The van der Waals surface area contributed by atoms with E-state index < -0.39 is 11.9 Å². The van der Waals surface area contributed by atoms with E-state index in [2.05, 4.69) is 31.9 Å². The van der Waals surface area contributed by atoms with Crippen LogP contribution in [0.3, 0.4) is 0 Å². The van der Waals surface area contributed by atoms with Crippen molar-refractivity contribution in [2.75, 3.05) is 7.11 Å². The van der Waals surface area contributed by atoms with Crippen molar-refractivity contribution < 1.29 is 14.2 Å². The van der Waals surface area contributed by atoms with Gasteiger partial charge in [0.1, 0.15) is 17.7 Å². The van der Waals surface area contributed by atoms with Crippen molar-refractivity contribution in [3.63, 3.8) is 0 Å². The predicted molar refractivity (Wildman–Crippen MR) is 83.9 cm³/mol. The number of ether oxygens (including phenoxy) is 1. The molecule has 2 aromatic carbocycles. The van der Waals surface area contributed by atoms with Crippen molar-refractivity contribution in [2.24, 2.45) is 0 Å². The Morgan fingerprint density at radius 3 is 2.50 bits per heavy atom. The summed E-state index contributed by atoms with van der Waals surface area (Å²) in [6.07, 6.45) is -1.04. The van der Waals surface area contributed by atoms with Crippen molar-refractivity contribution in [1.82, 2.24) is 0 Å². The van der Waals surface area contributed by atoms with Crippen LogP contribution in [-0.4, -0.2) is 12.2 Å². The van der Waals surface area contributed by atoms with Crippen LogP contribution in [0.4, 0.5) is 4.39 Å². The summed E-state index contributed by atoms with van der Waals surface area (Å²) in [4.78, 5) is 0. The van der Waals surface area contributed by atoms with Crippen LogP contribution in [0, 0.1) is 5.82 Å². The second-order valence-electron chi connectivity index (χ2n) is 4.09. The molecule has 6 heteroatoms. The summed E-state index contributed by atoms with van der Waals surface area (Å²) in [6.45, 7) is 0. The van der Waals surface area contributed by atoms with E-state index in [1.165, 1.54) is 13.2 Å². The average molecular weight is 424 g/mol. The maximum atomic E-state index is 13.6. The number of aliphatic hydroxyl groups excluding tert-OH is 1. The van der Waals surface area contributed by atoms with Crippen LogP contribution in [0.2, 0.25) is 5.02 Å². The standard InChI is InChI=1S/C14H10Br2ClFO2/c1-20-14-9(5-8(17)6-11(14)16)13(19)7-2-3-10(15)12(18)4-7/h2-6,13,19H,1H3. The Hall–Kier alpha value is -0.620. The molecule has 2 nitrogen and oxygen atoms in total. The molecule has 0 aliphatic carbocycles. The summed E-state index contributed by atoms with van der Waals surface area (Å²) in [5.41, 5.74) is 0.881. The lowest BCUT2D eigenvalue weighted by atomic mass is 10.0. The smallest absolute Gasteiger partial charge is 0.139 e. The van der Waals surface area contributed by atoms with Crippen LogP contribution in [0.5, 0.6) is 5.75 Å². The summed E-state index contributed by atoms with van der Waals surface area (Å²) >= 11 is 12.4. The zero-order valence-corrected chi connectivity index (χ0v) is 14.3. The molecule has 1 N–H and O–H groups in total. The molecule has 0 radical (unpaired) electrons.